The lowest BCUT2D eigenvalue weighted by Crippen LogP contribution is -2.33. The molecule has 0 heterocycles. The summed E-state index contributed by atoms with van der Waals surface area (Å²) in [7, 11) is 4.41. The molecule has 6 aromatic rings. The Morgan fingerprint density at radius 1 is 0.529 bits per heavy atom. The molecule has 0 fully saturated rings. The van der Waals surface area contributed by atoms with Gasteiger partial charge >= 0.3 is 11.9 Å². The second-order valence-electron chi connectivity index (χ2n) is 12.4. The first-order valence-corrected chi connectivity index (χ1v) is 16.8. The van der Waals surface area contributed by atoms with Gasteiger partial charge < -0.3 is 15.1 Å². The van der Waals surface area contributed by atoms with Crippen molar-refractivity contribution in [2.75, 3.05) is 4.90 Å². The van der Waals surface area contributed by atoms with Crippen molar-refractivity contribution in [3.05, 3.63) is 180 Å². The fourth-order valence-corrected chi connectivity index (χ4v) is 6.34. The van der Waals surface area contributed by atoms with Crippen LogP contribution >= 0.6 is 0 Å². The molecule has 0 saturated carbocycles. The van der Waals surface area contributed by atoms with Crippen LogP contribution in [0.3, 0.4) is 0 Å². The number of carbonyl (C=O) groups is 2. The Balaban J connectivity index is 1.37. The number of benzene rings is 6. The van der Waals surface area contributed by atoms with Gasteiger partial charge in [-0.2, -0.15) is 0 Å². The maximum Gasteiger partial charge on any atom is 0.335 e. The number of carboxylic acids is 2. The van der Waals surface area contributed by atoms with Gasteiger partial charge in [0.05, 0.1) is 11.1 Å². The van der Waals surface area contributed by atoms with E-state index in [0.717, 1.165) is 74.0 Å². The van der Waals surface area contributed by atoms with E-state index in [-0.39, 0.29) is 11.1 Å². The summed E-state index contributed by atoms with van der Waals surface area (Å²) < 4.78 is 0. The molecule has 7 rings (SSSR count). The maximum atomic E-state index is 11.5. The van der Waals surface area contributed by atoms with E-state index >= 15 is 0 Å². The highest BCUT2D eigenvalue weighted by Crippen LogP contribution is 2.35. The summed E-state index contributed by atoms with van der Waals surface area (Å²) in [5.41, 5.74) is 11.5. The molecule has 0 unspecified atom stereocenters. The summed E-state index contributed by atoms with van der Waals surface area (Å²) in [6, 6.07) is 47.3. The van der Waals surface area contributed by atoms with Gasteiger partial charge in [0, 0.05) is 17.1 Å². The number of nitrogens with zero attached hydrogens (tertiary/aromatic N) is 1. The number of hydrogen-bond acceptors (Lipinski definition) is 3. The highest BCUT2D eigenvalue weighted by molar-refractivity contribution is 6.69. The summed E-state index contributed by atoms with van der Waals surface area (Å²) in [6.07, 6.45) is 8.60. The van der Waals surface area contributed by atoms with Crippen LogP contribution in [0.2, 0.25) is 0 Å². The molecule has 2 N–H and O–H groups in total. The Morgan fingerprint density at radius 3 is 1.69 bits per heavy atom. The third-order valence-corrected chi connectivity index (χ3v) is 8.97. The minimum absolute atomic E-state index is 0.248. The fourth-order valence-electron chi connectivity index (χ4n) is 6.34. The molecule has 244 valence electrons. The minimum atomic E-state index is -0.952. The van der Waals surface area contributed by atoms with E-state index in [4.69, 9.17) is 0 Å². The van der Waals surface area contributed by atoms with Crippen LogP contribution in [0.25, 0.3) is 22.3 Å². The van der Waals surface area contributed by atoms with Crippen molar-refractivity contribution in [3.8, 4) is 22.3 Å². The van der Waals surface area contributed by atoms with Crippen LogP contribution in [0.4, 0.5) is 17.1 Å². The molecule has 0 amide bonds. The Morgan fingerprint density at radius 2 is 1.08 bits per heavy atom. The molecule has 6 aromatic carbocycles. The van der Waals surface area contributed by atoms with Crippen molar-refractivity contribution in [1.82, 2.24) is 0 Å². The van der Waals surface area contributed by atoms with E-state index in [9.17, 15) is 19.8 Å². The zero-order chi connectivity index (χ0) is 35.2. The van der Waals surface area contributed by atoms with Crippen LogP contribution in [0, 0.1) is 0 Å². The molecule has 0 bridgehead atoms. The van der Waals surface area contributed by atoms with Crippen molar-refractivity contribution in [2.45, 2.75) is 12.8 Å². The highest BCUT2D eigenvalue weighted by Gasteiger charge is 2.21. The second kappa shape index (κ2) is 15.1. The van der Waals surface area contributed by atoms with Gasteiger partial charge in [0.15, 0.2) is 14.6 Å². The third-order valence-electron chi connectivity index (χ3n) is 8.97. The number of hydrogen-bond donors (Lipinski definition) is 2. The predicted molar refractivity (Wildman–Crippen MR) is 209 cm³/mol. The van der Waals surface area contributed by atoms with Gasteiger partial charge in [-0.15, -0.1) is 0 Å². The van der Waals surface area contributed by atoms with Crippen LogP contribution in [0.1, 0.15) is 33.6 Å². The van der Waals surface area contributed by atoms with Crippen molar-refractivity contribution in [2.24, 2.45) is 0 Å². The molecule has 2 radical (unpaired) electrons. The molecule has 1 aliphatic carbocycles. The average Bonchev–Trinajstić information content (AvgIpc) is 3.17. The molecular formula is C44H33B2NO4. The van der Waals surface area contributed by atoms with Crippen molar-refractivity contribution in [1.29, 1.82) is 0 Å². The first-order valence-electron chi connectivity index (χ1n) is 16.8. The van der Waals surface area contributed by atoms with Gasteiger partial charge in [0.25, 0.3) is 0 Å². The van der Waals surface area contributed by atoms with Crippen molar-refractivity contribution >= 4 is 59.9 Å². The number of rotatable bonds is 11. The molecule has 5 nitrogen and oxygen atoms in total. The Labute approximate surface area is 299 Å². The van der Waals surface area contributed by atoms with E-state index in [1.54, 1.807) is 24.3 Å². The van der Waals surface area contributed by atoms with Crippen LogP contribution in [-0.2, 0) is 0 Å². The Bertz CT molecular complexity index is 2250. The van der Waals surface area contributed by atoms with E-state index < -0.39 is 11.9 Å². The molecule has 7 heteroatoms. The number of para-hydroxylation sites is 1. The van der Waals surface area contributed by atoms with Crippen LogP contribution in [0.5, 0.6) is 0 Å². The van der Waals surface area contributed by atoms with E-state index in [0.29, 0.717) is 0 Å². The predicted octanol–water partition coefficient (Wildman–Crippen LogP) is 8.11. The lowest BCUT2D eigenvalue weighted by Gasteiger charge is -2.30. The summed E-state index contributed by atoms with van der Waals surface area (Å²) in [6.45, 7) is 0. The Hall–Kier alpha value is -6.33. The number of anilines is 3. The molecule has 0 aliphatic heterocycles. The fraction of sp³-hybridized carbons (Fsp3) is 0.0455. The summed E-state index contributed by atoms with van der Waals surface area (Å²) in [4.78, 5) is 25.3. The van der Waals surface area contributed by atoms with E-state index in [1.807, 2.05) is 42.5 Å². The quantitative estimate of drug-likeness (QED) is 0.137. The average molecular weight is 661 g/mol. The van der Waals surface area contributed by atoms with Crippen LogP contribution < -0.4 is 21.3 Å². The number of aromatic carboxylic acids is 2. The molecule has 0 saturated heterocycles. The second-order valence-corrected chi connectivity index (χ2v) is 12.4. The normalized spacial score (nSPS) is 12.1. The third kappa shape index (κ3) is 7.63. The van der Waals surface area contributed by atoms with Gasteiger partial charge in [-0.25, -0.2) is 9.59 Å². The van der Waals surface area contributed by atoms with Gasteiger partial charge in [0.1, 0.15) is 0 Å². The van der Waals surface area contributed by atoms with Crippen LogP contribution in [-0.4, -0.2) is 36.7 Å². The summed E-state index contributed by atoms with van der Waals surface area (Å²) >= 11 is 0. The molecule has 1 aliphatic rings. The first-order chi connectivity index (χ1) is 24.9. The SMILES string of the molecule is O=C(O)c1ccc(-c2ccc(N(c3ccccc3[B]c3ccccc3)c3ccc(-c4ccc(C(=O)O)cc4)cc3[B]C3=CCCC=C3)cc2)cc1. The van der Waals surface area contributed by atoms with Crippen molar-refractivity contribution in [3.63, 3.8) is 0 Å². The Kier molecular flexibility index (Phi) is 9.80. The topological polar surface area (TPSA) is 77.8 Å². The minimum Gasteiger partial charge on any atom is -0.478 e. The standard InChI is InChI=1S/C44H33B2NO4/c48-43(49)33-19-15-30(16-20-33)31-23-26-38(27-24-31)47(41-14-8-7-13-39(41)45-36-9-3-1-4-10-36)42-28-25-35(32-17-21-34(22-18-32)44(50)51)29-40(42)46-37-11-5-2-6-12-37/h1,3-5,7-29H,2,6H2,(H,48,49)(H,50,51). The first kappa shape index (κ1) is 33.2. The lowest BCUT2D eigenvalue weighted by atomic mass is 9.60. The lowest BCUT2D eigenvalue weighted by molar-refractivity contribution is 0.0686. The molecule has 0 aromatic heterocycles. The highest BCUT2D eigenvalue weighted by atomic mass is 16.4. The summed E-state index contributed by atoms with van der Waals surface area (Å²) in [5.74, 6) is -1.90. The zero-order valence-electron chi connectivity index (χ0n) is 27.8. The van der Waals surface area contributed by atoms with Gasteiger partial charge in [-0.3, -0.25) is 0 Å². The van der Waals surface area contributed by atoms with E-state index in [2.05, 4.69) is 117 Å². The van der Waals surface area contributed by atoms with Gasteiger partial charge in [-0.1, -0.05) is 137 Å². The van der Waals surface area contributed by atoms with Crippen molar-refractivity contribution < 1.29 is 19.8 Å². The monoisotopic (exact) mass is 661 g/mol. The molecule has 0 spiro atoms. The molecular weight excluding hydrogens is 628 g/mol. The number of carboxylic acid groups (broad SMARTS) is 2. The number of allylic oxidation sites excluding steroid dienone is 4. The van der Waals surface area contributed by atoms with E-state index in [1.165, 1.54) is 0 Å². The van der Waals surface area contributed by atoms with Gasteiger partial charge in [-0.05, 0) is 83.6 Å². The van der Waals surface area contributed by atoms with Gasteiger partial charge in [0.2, 0.25) is 0 Å². The summed E-state index contributed by atoms with van der Waals surface area (Å²) in [5, 5.41) is 18.8. The molecule has 51 heavy (non-hydrogen) atoms. The van der Waals surface area contributed by atoms with Crippen LogP contribution in [0.15, 0.2) is 169 Å². The smallest absolute Gasteiger partial charge is 0.335 e. The largest absolute Gasteiger partial charge is 0.478 e. The molecule has 0 atom stereocenters. The zero-order valence-corrected chi connectivity index (χ0v) is 27.8. The maximum absolute atomic E-state index is 11.5.